The van der Waals surface area contributed by atoms with Gasteiger partial charge in [0.15, 0.2) is 0 Å². The molecule has 1 aromatic carbocycles. The smallest absolute Gasteiger partial charge is 0.307 e. The molecule has 0 saturated carbocycles. The van der Waals surface area contributed by atoms with Crippen molar-refractivity contribution < 1.29 is 14.7 Å². The topological polar surface area (TPSA) is 66.4 Å². The molecule has 0 aromatic heterocycles. The Labute approximate surface area is 131 Å². The zero-order chi connectivity index (χ0) is 16.4. The number of benzene rings is 1. The van der Waals surface area contributed by atoms with Gasteiger partial charge in [0.05, 0.1) is 11.8 Å². The monoisotopic (exact) mass is 301 g/mol. The van der Waals surface area contributed by atoms with Gasteiger partial charge in [0.1, 0.15) is 0 Å². The largest absolute Gasteiger partial charge is 0.481 e. The minimum atomic E-state index is -0.896. The number of rotatable bonds is 3. The summed E-state index contributed by atoms with van der Waals surface area (Å²) in [6, 6.07) is 5.72. The lowest BCUT2D eigenvalue weighted by molar-refractivity contribution is -0.146. The van der Waals surface area contributed by atoms with E-state index in [-0.39, 0.29) is 5.91 Å². The van der Waals surface area contributed by atoms with E-state index in [4.69, 9.17) is 0 Å². The molecule has 2 N–H and O–H groups in total. The van der Waals surface area contributed by atoms with Gasteiger partial charge in [-0.1, -0.05) is 17.2 Å². The Morgan fingerprint density at radius 2 is 1.59 bits per heavy atom. The van der Waals surface area contributed by atoms with Gasteiger partial charge in [0.25, 0.3) is 0 Å². The molecule has 0 bridgehead atoms. The number of hydrogen-bond donors (Lipinski definition) is 2. The average molecular weight is 301 g/mol. The summed E-state index contributed by atoms with van der Waals surface area (Å²) in [7, 11) is 0. The quantitative estimate of drug-likeness (QED) is 0.837. The van der Waals surface area contributed by atoms with E-state index in [1.807, 2.05) is 45.9 Å². The van der Waals surface area contributed by atoms with Gasteiger partial charge in [-0.05, 0) is 63.8 Å². The van der Waals surface area contributed by atoms with Crippen molar-refractivity contribution in [3.8, 4) is 0 Å². The first-order chi connectivity index (χ1) is 10.3. The van der Waals surface area contributed by atoms with Crippen LogP contribution in [0.4, 0.5) is 5.69 Å². The van der Waals surface area contributed by atoms with Gasteiger partial charge in [-0.2, -0.15) is 0 Å². The molecule has 0 heterocycles. The van der Waals surface area contributed by atoms with Crippen molar-refractivity contribution >= 4 is 17.6 Å². The molecule has 1 aromatic rings. The average Bonchev–Trinajstić information content (AvgIpc) is 2.45. The number of anilines is 1. The van der Waals surface area contributed by atoms with Crippen molar-refractivity contribution in [2.45, 2.75) is 40.5 Å². The number of aliphatic carboxylic acids is 1. The highest BCUT2D eigenvalue weighted by molar-refractivity contribution is 5.95. The van der Waals surface area contributed by atoms with Gasteiger partial charge >= 0.3 is 5.97 Å². The Bertz CT molecular complexity index is 646. The molecule has 118 valence electrons. The molecule has 0 aliphatic heterocycles. The van der Waals surface area contributed by atoms with Gasteiger partial charge in [-0.25, -0.2) is 0 Å². The number of carbonyl (C=O) groups excluding carboxylic acids is 1. The number of amides is 1. The first-order valence-corrected chi connectivity index (χ1v) is 7.55. The predicted octanol–water partition coefficient (Wildman–Crippen LogP) is 3.69. The van der Waals surface area contributed by atoms with Crippen LogP contribution in [0.1, 0.15) is 37.8 Å². The molecular formula is C18H23NO3. The lowest BCUT2D eigenvalue weighted by Gasteiger charge is -2.29. The Morgan fingerprint density at radius 3 is 2.14 bits per heavy atom. The van der Waals surface area contributed by atoms with Crippen LogP contribution in [0.15, 0.2) is 29.3 Å². The van der Waals surface area contributed by atoms with E-state index in [0.717, 1.165) is 28.0 Å². The molecule has 22 heavy (non-hydrogen) atoms. The molecule has 1 aliphatic carbocycles. The van der Waals surface area contributed by atoms with Crippen LogP contribution in [0.3, 0.4) is 0 Å². The summed E-state index contributed by atoms with van der Waals surface area (Å²) >= 11 is 0. The number of hydrogen-bond acceptors (Lipinski definition) is 2. The summed E-state index contributed by atoms with van der Waals surface area (Å²) in [5.41, 5.74) is 5.19. The first-order valence-electron chi connectivity index (χ1n) is 7.55. The molecule has 4 heteroatoms. The van der Waals surface area contributed by atoms with Crippen LogP contribution in [-0.4, -0.2) is 17.0 Å². The van der Waals surface area contributed by atoms with E-state index in [9.17, 15) is 14.7 Å². The van der Waals surface area contributed by atoms with Crippen molar-refractivity contribution in [1.29, 1.82) is 0 Å². The molecule has 0 radical (unpaired) electrons. The number of carboxylic acids is 1. The molecule has 2 atom stereocenters. The van der Waals surface area contributed by atoms with E-state index in [0.29, 0.717) is 12.8 Å². The number of carboxylic acid groups (broad SMARTS) is 1. The zero-order valence-corrected chi connectivity index (χ0v) is 13.6. The van der Waals surface area contributed by atoms with Crippen molar-refractivity contribution in [2.75, 3.05) is 5.32 Å². The van der Waals surface area contributed by atoms with Crippen LogP contribution in [0, 0.1) is 25.7 Å². The fraction of sp³-hybridized carbons (Fsp3) is 0.444. The number of carbonyl (C=O) groups is 2. The molecule has 0 spiro atoms. The third-order valence-corrected chi connectivity index (χ3v) is 4.69. The minimum absolute atomic E-state index is 0.206. The zero-order valence-electron chi connectivity index (χ0n) is 13.6. The van der Waals surface area contributed by atoms with Crippen LogP contribution in [0.5, 0.6) is 0 Å². The van der Waals surface area contributed by atoms with Crippen LogP contribution in [0.25, 0.3) is 0 Å². The van der Waals surface area contributed by atoms with Gasteiger partial charge < -0.3 is 10.4 Å². The normalized spacial score (nSPS) is 21.6. The standard InChI is InChI=1S/C18H23NO3/c1-10-5-6-14(7-11(10)2)19-17(20)15-8-12(3)13(4)9-16(15)18(21)22/h5-7,15-16H,8-9H2,1-4H3,(H,19,20)(H,21,22)/t15-,16-/m0/s1. The highest BCUT2D eigenvalue weighted by Gasteiger charge is 2.37. The highest BCUT2D eigenvalue weighted by Crippen LogP contribution is 2.35. The van der Waals surface area contributed by atoms with E-state index in [1.54, 1.807) is 0 Å². The van der Waals surface area contributed by atoms with Crippen LogP contribution in [0.2, 0.25) is 0 Å². The van der Waals surface area contributed by atoms with Crippen molar-refractivity contribution in [3.05, 3.63) is 40.5 Å². The maximum Gasteiger partial charge on any atom is 0.307 e. The highest BCUT2D eigenvalue weighted by atomic mass is 16.4. The number of allylic oxidation sites excluding steroid dienone is 2. The van der Waals surface area contributed by atoms with Gasteiger partial charge in [-0.3, -0.25) is 9.59 Å². The van der Waals surface area contributed by atoms with Crippen LogP contribution >= 0.6 is 0 Å². The SMILES string of the molecule is CC1=C(C)C[C@H](C(=O)Nc2ccc(C)c(C)c2)[C@@H](C(=O)O)C1. The van der Waals surface area contributed by atoms with E-state index < -0.39 is 17.8 Å². The maximum atomic E-state index is 12.5. The lowest BCUT2D eigenvalue weighted by atomic mass is 9.76. The van der Waals surface area contributed by atoms with E-state index in [2.05, 4.69) is 5.32 Å². The summed E-state index contributed by atoms with van der Waals surface area (Å²) in [5, 5.41) is 12.3. The summed E-state index contributed by atoms with van der Waals surface area (Å²) in [6.07, 6.45) is 0.964. The molecule has 2 rings (SSSR count). The van der Waals surface area contributed by atoms with Crippen molar-refractivity contribution in [2.24, 2.45) is 11.8 Å². The van der Waals surface area contributed by atoms with E-state index in [1.165, 1.54) is 0 Å². The summed E-state index contributed by atoms with van der Waals surface area (Å²) in [4.78, 5) is 24.0. The summed E-state index contributed by atoms with van der Waals surface area (Å²) in [6.45, 7) is 7.92. The van der Waals surface area contributed by atoms with Gasteiger partial charge in [-0.15, -0.1) is 0 Å². The van der Waals surface area contributed by atoms with Crippen molar-refractivity contribution in [3.63, 3.8) is 0 Å². The Morgan fingerprint density at radius 1 is 1.00 bits per heavy atom. The minimum Gasteiger partial charge on any atom is -0.481 e. The third kappa shape index (κ3) is 3.38. The molecule has 4 nitrogen and oxygen atoms in total. The predicted molar refractivity (Wildman–Crippen MR) is 86.8 cm³/mol. The molecule has 0 saturated heterocycles. The number of nitrogens with one attached hydrogen (secondary N) is 1. The van der Waals surface area contributed by atoms with E-state index >= 15 is 0 Å². The molecule has 0 unspecified atom stereocenters. The Hall–Kier alpha value is -2.10. The van der Waals surface area contributed by atoms with Crippen molar-refractivity contribution in [1.82, 2.24) is 0 Å². The second-order valence-corrected chi connectivity index (χ2v) is 6.31. The fourth-order valence-electron chi connectivity index (χ4n) is 2.88. The van der Waals surface area contributed by atoms with Gasteiger partial charge in [0, 0.05) is 5.69 Å². The third-order valence-electron chi connectivity index (χ3n) is 4.69. The summed E-state index contributed by atoms with van der Waals surface area (Å²) < 4.78 is 0. The summed E-state index contributed by atoms with van der Waals surface area (Å²) in [5.74, 6) is -2.26. The second-order valence-electron chi connectivity index (χ2n) is 6.31. The molecule has 1 amide bonds. The van der Waals surface area contributed by atoms with Crippen LogP contribution in [-0.2, 0) is 9.59 Å². The molecular weight excluding hydrogens is 278 g/mol. The second kappa shape index (κ2) is 6.34. The Kier molecular flexibility index (Phi) is 4.69. The van der Waals surface area contributed by atoms with Gasteiger partial charge in [0.2, 0.25) is 5.91 Å². The Balaban J connectivity index is 2.19. The maximum absolute atomic E-state index is 12.5. The fourth-order valence-corrected chi connectivity index (χ4v) is 2.88. The first kappa shape index (κ1) is 16.3. The number of aryl methyl sites for hydroxylation is 2. The molecule has 1 aliphatic rings. The van der Waals surface area contributed by atoms with Crippen LogP contribution < -0.4 is 5.32 Å². The molecule has 0 fully saturated rings. The lowest BCUT2D eigenvalue weighted by Crippen LogP contribution is -2.36.